The Morgan fingerprint density at radius 1 is 1.45 bits per heavy atom. The highest BCUT2D eigenvalue weighted by Crippen LogP contribution is 2.26. The van der Waals surface area contributed by atoms with Crippen LogP contribution >= 0.6 is 0 Å². The predicted molar refractivity (Wildman–Crippen MR) is 67.8 cm³/mol. The van der Waals surface area contributed by atoms with E-state index >= 15 is 0 Å². The summed E-state index contributed by atoms with van der Waals surface area (Å²) in [7, 11) is -4.01. The lowest BCUT2D eigenvalue weighted by Crippen LogP contribution is -2.25. The van der Waals surface area contributed by atoms with Gasteiger partial charge in [0.15, 0.2) is 0 Å². The Balaban J connectivity index is 2.37. The Bertz CT molecular complexity index is 730. The summed E-state index contributed by atoms with van der Waals surface area (Å²) in [5.74, 6) is -0.846. The van der Waals surface area contributed by atoms with Gasteiger partial charge in [-0.05, 0) is 13.8 Å². The van der Waals surface area contributed by atoms with Crippen LogP contribution < -0.4 is 4.72 Å². The third-order valence-corrected chi connectivity index (χ3v) is 4.23. The third kappa shape index (κ3) is 2.58. The number of furan rings is 1. The molecule has 0 radical (unpaired) electrons. The van der Waals surface area contributed by atoms with Crippen LogP contribution in [-0.2, 0) is 16.6 Å². The van der Waals surface area contributed by atoms with Crippen LogP contribution in [0.3, 0.4) is 0 Å². The van der Waals surface area contributed by atoms with Gasteiger partial charge in [-0.1, -0.05) is 0 Å². The number of carboxylic acids is 1. The zero-order valence-electron chi connectivity index (χ0n) is 10.8. The number of imidazole rings is 1. The molecule has 0 spiro atoms. The standard InChI is InChI=1S/C11H13N3O5S/c1-6-9(11(15)16)10(7(2)19-6)20(17,18)14-5-8-12-3-4-13-8/h3-4,14H,5H2,1-2H3,(H,12,13)(H,15,16). The van der Waals surface area contributed by atoms with E-state index in [0.29, 0.717) is 5.82 Å². The number of carboxylic acid groups (broad SMARTS) is 1. The van der Waals surface area contributed by atoms with Crippen molar-refractivity contribution in [2.24, 2.45) is 0 Å². The molecule has 2 rings (SSSR count). The van der Waals surface area contributed by atoms with E-state index in [9.17, 15) is 13.2 Å². The van der Waals surface area contributed by atoms with E-state index in [-0.39, 0.29) is 28.5 Å². The van der Waals surface area contributed by atoms with Crippen molar-refractivity contribution in [3.05, 3.63) is 35.3 Å². The minimum Gasteiger partial charge on any atom is -0.478 e. The highest BCUT2D eigenvalue weighted by atomic mass is 32.2. The highest BCUT2D eigenvalue weighted by molar-refractivity contribution is 7.89. The summed E-state index contributed by atoms with van der Waals surface area (Å²) in [4.78, 5) is 17.4. The molecule has 0 unspecified atom stereocenters. The number of carbonyl (C=O) groups is 1. The molecule has 0 saturated carbocycles. The van der Waals surface area contributed by atoms with Crippen molar-refractivity contribution in [2.75, 3.05) is 0 Å². The number of hydrogen-bond donors (Lipinski definition) is 3. The molecule has 108 valence electrons. The van der Waals surface area contributed by atoms with Gasteiger partial charge in [-0.15, -0.1) is 0 Å². The van der Waals surface area contributed by atoms with Crippen molar-refractivity contribution in [1.82, 2.24) is 14.7 Å². The van der Waals surface area contributed by atoms with E-state index < -0.39 is 16.0 Å². The molecule has 0 fully saturated rings. The minimum atomic E-state index is -4.01. The van der Waals surface area contributed by atoms with Crippen LogP contribution in [0.2, 0.25) is 0 Å². The monoisotopic (exact) mass is 299 g/mol. The summed E-state index contributed by atoms with van der Waals surface area (Å²) in [6.07, 6.45) is 3.04. The number of rotatable bonds is 5. The highest BCUT2D eigenvalue weighted by Gasteiger charge is 2.30. The van der Waals surface area contributed by atoms with Crippen molar-refractivity contribution in [1.29, 1.82) is 0 Å². The van der Waals surface area contributed by atoms with Crippen molar-refractivity contribution >= 4 is 16.0 Å². The number of hydrogen-bond acceptors (Lipinski definition) is 5. The quantitative estimate of drug-likeness (QED) is 0.749. The fraction of sp³-hybridized carbons (Fsp3) is 0.273. The summed E-state index contributed by atoms with van der Waals surface area (Å²) in [6.45, 7) is 2.74. The molecular weight excluding hydrogens is 286 g/mol. The van der Waals surface area contributed by atoms with Crippen LogP contribution in [0.25, 0.3) is 0 Å². The van der Waals surface area contributed by atoms with Gasteiger partial charge in [0.05, 0.1) is 6.54 Å². The summed E-state index contributed by atoms with van der Waals surface area (Å²) in [5, 5.41) is 9.10. The van der Waals surface area contributed by atoms with Gasteiger partial charge in [-0.3, -0.25) is 0 Å². The third-order valence-electron chi connectivity index (χ3n) is 2.67. The van der Waals surface area contributed by atoms with E-state index in [1.807, 2.05) is 0 Å². The summed E-state index contributed by atoms with van der Waals surface area (Å²) in [6, 6.07) is 0. The summed E-state index contributed by atoms with van der Waals surface area (Å²) >= 11 is 0. The first kappa shape index (κ1) is 14.3. The number of aromatic amines is 1. The molecule has 2 heterocycles. The molecule has 8 nitrogen and oxygen atoms in total. The summed E-state index contributed by atoms with van der Waals surface area (Å²) < 4.78 is 31.8. The Hall–Kier alpha value is -2.13. The average molecular weight is 299 g/mol. The predicted octanol–water partition coefficient (Wildman–Crippen LogP) is 0.796. The lowest BCUT2D eigenvalue weighted by molar-refractivity contribution is 0.0691. The number of H-pyrrole nitrogens is 1. The van der Waals surface area contributed by atoms with Crippen LogP contribution in [0.15, 0.2) is 21.7 Å². The van der Waals surface area contributed by atoms with Gasteiger partial charge in [-0.25, -0.2) is 22.9 Å². The lowest BCUT2D eigenvalue weighted by Gasteiger charge is -2.05. The minimum absolute atomic E-state index is 0.0341. The number of aryl methyl sites for hydroxylation is 2. The fourth-order valence-corrected chi connectivity index (χ4v) is 3.26. The van der Waals surface area contributed by atoms with Crippen LogP contribution in [0.1, 0.15) is 27.7 Å². The number of aromatic carboxylic acids is 1. The zero-order chi connectivity index (χ0) is 14.9. The maximum absolute atomic E-state index is 12.2. The topological polar surface area (TPSA) is 125 Å². The van der Waals surface area contributed by atoms with Gasteiger partial charge in [0.25, 0.3) is 0 Å². The van der Waals surface area contributed by atoms with E-state index in [1.165, 1.54) is 20.0 Å². The van der Waals surface area contributed by atoms with E-state index in [1.54, 1.807) is 6.20 Å². The molecule has 0 aliphatic heterocycles. The number of nitrogens with one attached hydrogen (secondary N) is 2. The van der Waals surface area contributed by atoms with Gasteiger partial charge < -0.3 is 14.5 Å². The van der Waals surface area contributed by atoms with Crippen LogP contribution in [-0.4, -0.2) is 29.5 Å². The maximum Gasteiger partial charge on any atom is 0.340 e. The molecule has 0 atom stereocenters. The van der Waals surface area contributed by atoms with E-state index in [4.69, 9.17) is 9.52 Å². The molecule has 20 heavy (non-hydrogen) atoms. The second-order valence-electron chi connectivity index (χ2n) is 4.08. The zero-order valence-corrected chi connectivity index (χ0v) is 11.6. The largest absolute Gasteiger partial charge is 0.478 e. The van der Waals surface area contributed by atoms with E-state index in [0.717, 1.165) is 0 Å². The number of sulfonamides is 1. The van der Waals surface area contributed by atoms with Crippen LogP contribution in [0.5, 0.6) is 0 Å². The number of aromatic nitrogens is 2. The Labute approximate surface area is 114 Å². The molecule has 0 bridgehead atoms. The molecular formula is C11H13N3O5S. The van der Waals surface area contributed by atoms with Gasteiger partial charge in [0.2, 0.25) is 10.0 Å². The summed E-state index contributed by atoms with van der Waals surface area (Å²) in [5.41, 5.74) is -0.352. The smallest absolute Gasteiger partial charge is 0.340 e. The molecule has 3 N–H and O–H groups in total. The molecule has 2 aromatic heterocycles. The molecule has 0 aliphatic rings. The van der Waals surface area contributed by atoms with E-state index in [2.05, 4.69) is 14.7 Å². The fourth-order valence-electron chi connectivity index (χ4n) is 1.86. The first-order chi connectivity index (χ1) is 9.33. The molecule has 9 heteroatoms. The Morgan fingerprint density at radius 2 is 2.15 bits per heavy atom. The van der Waals surface area contributed by atoms with Gasteiger partial charge >= 0.3 is 5.97 Å². The number of nitrogens with zero attached hydrogens (tertiary/aromatic N) is 1. The molecule has 0 saturated heterocycles. The normalized spacial score (nSPS) is 11.7. The molecule has 0 amide bonds. The Kier molecular flexibility index (Phi) is 3.64. The first-order valence-electron chi connectivity index (χ1n) is 5.64. The average Bonchev–Trinajstić information content (AvgIpc) is 2.94. The molecule has 2 aromatic rings. The maximum atomic E-state index is 12.2. The van der Waals surface area contributed by atoms with Crippen molar-refractivity contribution in [3.8, 4) is 0 Å². The van der Waals surface area contributed by atoms with Crippen molar-refractivity contribution in [3.63, 3.8) is 0 Å². The van der Waals surface area contributed by atoms with Gasteiger partial charge in [-0.2, -0.15) is 0 Å². The van der Waals surface area contributed by atoms with Crippen molar-refractivity contribution in [2.45, 2.75) is 25.3 Å². The van der Waals surface area contributed by atoms with Gasteiger partial charge in [0, 0.05) is 12.4 Å². The lowest BCUT2D eigenvalue weighted by atomic mass is 10.2. The second-order valence-corrected chi connectivity index (χ2v) is 5.79. The molecule has 0 aromatic carbocycles. The van der Waals surface area contributed by atoms with Crippen LogP contribution in [0, 0.1) is 13.8 Å². The SMILES string of the molecule is Cc1oc(C)c(S(=O)(=O)NCc2ncc[nH]2)c1C(=O)O. The van der Waals surface area contributed by atoms with Crippen molar-refractivity contribution < 1.29 is 22.7 Å². The van der Waals surface area contributed by atoms with Gasteiger partial charge in [0.1, 0.15) is 27.8 Å². The van der Waals surface area contributed by atoms with Crippen LogP contribution in [0.4, 0.5) is 0 Å². The Morgan fingerprint density at radius 3 is 2.70 bits per heavy atom. The first-order valence-corrected chi connectivity index (χ1v) is 7.12. The second kappa shape index (κ2) is 5.10. The molecule has 0 aliphatic carbocycles.